The number of rotatable bonds is 7. The molecule has 0 amide bonds. The maximum absolute atomic E-state index is 12.5. The molecule has 0 radical (unpaired) electrons. The maximum Gasteiger partial charge on any atom is 0.337 e. The highest BCUT2D eigenvalue weighted by atomic mass is 16.7. The van der Waals surface area contributed by atoms with Crippen LogP contribution < -0.4 is 0 Å². The topological polar surface area (TPSA) is 59.0 Å². The maximum atomic E-state index is 12.5. The molecule has 4 aliphatic carbocycles. The van der Waals surface area contributed by atoms with Gasteiger partial charge in [-0.15, -0.1) is 0 Å². The number of carbonyl (C=O) groups is 2. The second-order valence-electron chi connectivity index (χ2n) is 12.6. The van der Waals surface area contributed by atoms with E-state index in [2.05, 4.69) is 44.9 Å². The molecule has 34 heavy (non-hydrogen) atoms. The van der Waals surface area contributed by atoms with E-state index in [1.165, 1.54) is 31.3 Å². The summed E-state index contributed by atoms with van der Waals surface area (Å²) in [6.45, 7) is 9.93. The zero-order valence-electron chi connectivity index (χ0n) is 22.4. The van der Waals surface area contributed by atoms with Crippen LogP contribution in [-0.2, 0) is 14.4 Å². The van der Waals surface area contributed by atoms with E-state index in [-0.39, 0.29) is 22.7 Å². The van der Waals surface area contributed by atoms with Gasteiger partial charge < -0.3 is 9.74 Å². The summed E-state index contributed by atoms with van der Waals surface area (Å²) in [6, 6.07) is 0. The molecule has 0 bridgehead atoms. The van der Waals surface area contributed by atoms with Gasteiger partial charge in [0.05, 0.1) is 11.6 Å². The molecule has 0 spiro atoms. The van der Waals surface area contributed by atoms with Crippen molar-refractivity contribution in [2.45, 2.75) is 91.9 Å². The summed E-state index contributed by atoms with van der Waals surface area (Å²) >= 11 is 0. The van der Waals surface area contributed by atoms with Gasteiger partial charge in [0.15, 0.2) is 5.78 Å². The average molecular weight is 471 g/mol. The predicted octanol–water partition coefficient (Wildman–Crippen LogP) is 6.03. The van der Waals surface area contributed by atoms with Gasteiger partial charge in [-0.2, -0.15) is 0 Å². The first-order valence-electron chi connectivity index (χ1n) is 13.7. The number of allylic oxidation sites excluding steroid dienone is 1. The largest absolute Gasteiger partial charge is 0.337 e. The molecule has 5 heteroatoms. The molecule has 190 valence electrons. The van der Waals surface area contributed by atoms with Gasteiger partial charge in [-0.1, -0.05) is 31.5 Å². The molecule has 0 unspecified atom stereocenters. The number of ketones is 1. The van der Waals surface area contributed by atoms with E-state index in [0.29, 0.717) is 23.5 Å². The summed E-state index contributed by atoms with van der Waals surface area (Å²) in [5.74, 6) is 2.56. The van der Waals surface area contributed by atoms with Crippen molar-refractivity contribution < 1.29 is 14.4 Å². The van der Waals surface area contributed by atoms with Gasteiger partial charge in [0.25, 0.3) is 0 Å². The van der Waals surface area contributed by atoms with Crippen LogP contribution in [-0.4, -0.2) is 43.0 Å². The normalized spacial score (nSPS) is 38.6. The van der Waals surface area contributed by atoms with Crippen molar-refractivity contribution >= 4 is 17.5 Å². The van der Waals surface area contributed by atoms with Crippen molar-refractivity contribution in [2.24, 2.45) is 45.6 Å². The lowest BCUT2D eigenvalue weighted by Gasteiger charge is -2.58. The molecule has 0 aliphatic heterocycles. The summed E-state index contributed by atoms with van der Waals surface area (Å²) < 4.78 is 0. The highest BCUT2D eigenvalue weighted by molar-refractivity contribution is 5.91. The van der Waals surface area contributed by atoms with Crippen LogP contribution in [0.2, 0.25) is 0 Å². The van der Waals surface area contributed by atoms with E-state index < -0.39 is 0 Å². The van der Waals surface area contributed by atoms with Crippen LogP contribution in [0.4, 0.5) is 0 Å². The number of hydrogen-bond donors (Lipinski definition) is 0. The predicted molar refractivity (Wildman–Crippen MR) is 136 cm³/mol. The Morgan fingerprint density at radius 1 is 1.15 bits per heavy atom. The molecule has 0 saturated heterocycles. The lowest BCUT2D eigenvalue weighted by molar-refractivity contribution is -0.148. The van der Waals surface area contributed by atoms with E-state index in [1.807, 2.05) is 13.0 Å². The van der Waals surface area contributed by atoms with Gasteiger partial charge in [0.1, 0.15) is 0 Å². The molecule has 5 nitrogen and oxygen atoms in total. The average Bonchev–Trinajstić information content (AvgIpc) is 3.14. The van der Waals surface area contributed by atoms with Crippen LogP contribution >= 0.6 is 0 Å². The molecular formula is C29H46N2O3. The van der Waals surface area contributed by atoms with Gasteiger partial charge in [0.2, 0.25) is 0 Å². The molecule has 3 fully saturated rings. The molecular weight excluding hydrogens is 424 g/mol. The first-order valence-corrected chi connectivity index (χ1v) is 13.7. The van der Waals surface area contributed by atoms with Gasteiger partial charge in [0, 0.05) is 12.3 Å². The summed E-state index contributed by atoms with van der Waals surface area (Å²) in [6.07, 6.45) is 12.7. The third-order valence-electron chi connectivity index (χ3n) is 10.4. The Morgan fingerprint density at radius 3 is 2.65 bits per heavy atom. The minimum absolute atomic E-state index is 0.119. The van der Waals surface area contributed by atoms with Crippen molar-refractivity contribution in [3.63, 3.8) is 0 Å². The molecule has 0 heterocycles. The lowest BCUT2D eigenvalue weighted by atomic mass is 9.46. The Morgan fingerprint density at radius 2 is 1.91 bits per heavy atom. The number of fused-ring (bicyclic) bond motifs is 5. The van der Waals surface area contributed by atoms with Gasteiger partial charge >= 0.3 is 5.97 Å². The number of nitrogens with zero attached hydrogens (tertiary/aromatic N) is 2. The summed E-state index contributed by atoms with van der Waals surface area (Å²) in [5, 5.41) is 4.41. The fourth-order valence-electron chi connectivity index (χ4n) is 8.35. The molecule has 0 aromatic heterocycles. The van der Waals surface area contributed by atoms with Crippen molar-refractivity contribution in [1.29, 1.82) is 0 Å². The van der Waals surface area contributed by atoms with Crippen LogP contribution in [0.5, 0.6) is 0 Å². The standard InChI is InChI=1S/C29H46N2O3/c1-19(8-7-17-31(5)6)27(33)34-30-20(2)24-11-12-25-23-10-9-21-18-22(32)13-15-28(21,3)26(23)14-16-29(24,25)4/h18-19,23-26H,7-17H2,1-6H3/b30-20+/t19-,23-,24+,25-,26-,28-,29+/m0/s1. The van der Waals surface area contributed by atoms with E-state index in [0.717, 1.165) is 56.7 Å². The number of oxime groups is 1. The lowest BCUT2D eigenvalue weighted by Crippen LogP contribution is -2.51. The molecule has 0 aromatic carbocycles. The van der Waals surface area contributed by atoms with Gasteiger partial charge in [-0.05, 0) is 120 Å². The van der Waals surface area contributed by atoms with Gasteiger partial charge in [-0.25, -0.2) is 4.79 Å². The monoisotopic (exact) mass is 470 g/mol. The first-order chi connectivity index (χ1) is 16.1. The van der Waals surface area contributed by atoms with E-state index in [9.17, 15) is 9.59 Å². The van der Waals surface area contributed by atoms with Crippen molar-refractivity contribution in [3.05, 3.63) is 11.6 Å². The molecule has 4 rings (SSSR count). The molecule has 0 N–H and O–H groups in total. The van der Waals surface area contributed by atoms with Crippen molar-refractivity contribution in [1.82, 2.24) is 4.90 Å². The minimum atomic E-state index is -0.201. The molecule has 0 aromatic rings. The zero-order valence-corrected chi connectivity index (χ0v) is 22.4. The molecule has 3 saturated carbocycles. The zero-order chi connectivity index (χ0) is 24.7. The van der Waals surface area contributed by atoms with E-state index in [1.54, 1.807) is 0 Å². The fourth-order valence-corrected chi connectivity index (χ4v) is 8.35. The van der Waals surface area contributed by atoms with Crippen molar-refractivity contribution in [2.75, 3.05) is 20.6 Å². The fraction of sp³-hybridized carbons (Fsp3) is 0.828. The Balaban J connectivity index is 1.41. The van der Waals surface area contributed by atoms with Crippen LogP contribution in [0.15, 0.2) is 16.8 Å². The number of carbonyl (C=O) groups excluding carboxylic acids is 2. The molecule has 4 aliphatic rings. The second-order valence-corrected chi connectivity index (χ2v) is 12.6. The van der Waals surface area contributed by atoms with Crippen LogP contribution in [0, 0.1) is 40.4 Å². The Hall–Kier alpha value is -1.49. The van der Waals surface area contributed by atoms with Crippen LogP contribution in [0.25, 0.3) is 0 Å². The third kappa shape index (κ3) is 4.66. The van der Waals surface area contributed by atoms with Crippen LogP contribution in [0.3, 0.4) is 0 Å². The second kappa shape index (κ2) is 9.87. The summed E-state index contributed by atoms with van der Waals surface area (Å²) in [4.78, 5) is 32.2. The summed E-state index contributed by atoms with van der Waals surface area (Å²) in [7, 11) is 4.11. The first kappa shape index (κ1) is 25.6. The minimum Gasteiger partial charge on any atom is -0.318 e. The smallest absolute Gasteiger partial charge is 0.318 e. The highest BCUT2D eigenvalue weighted by Crippen LogP contribution is 2.66. The highest BCUT2D eigenvalue weighted by Gasteiger charge is 2.59. The Kier molecular flexibility index (Phi) is 7.43. The van der Waals surface area contributed by atoms with E-state index >= 15 is 0 Å². The quantitative estimate of drug-likeness (QED) is 0.259. The van der Waals surface area contributed by atoms with Crippen molar-refractivity contribution in [3.8, 4) is 0 Å². The number of hydrogen-bond acceptors (Lipinski definition) is 5. The SMILES string of the molecule is C/C(=N\OC(=O)[C@@H](C)CCCN(C)C)[C@H]1CC[C@H]2[C@@H]3CCC4=CC(=O)CC[C@]4(C)[C@H]3CC[C@]12C. The summed E-state index contributed by atoms with van der Waals surface area (Å²) in [5.41, 5.74) is 2.90. The van der Waals surface area contributed by atoms with Gasteiger partial charge in [-0.3, -0.25) is 4.79 Å². The van der Waals surface area contributed by atoms with Crippen LogP contribution in [0.1, 0.15) is 91.9 Å². The van der Waals surface area contributed by atoms with E-state index in [4.69, 9.17) is 4.84 Å². The molecule has 7 atom stereocenters. The third-order valence-corrected chi connectivity index (χ3v) is 10.4. The Labute approximate surface area is 206 Å². The Bertz CT molecular complexity index is 861.